The van der Waals surface area contributed by atoms with Crippen LogP contribution in [-0.2, 0) is 0 Å². The number of pyridine rings is 1. The van der Waals surface area contributed by atoms with Crippen molar-refractivity contribution in [3.63, 3.8) is 0 Å². The zero-order chi connectivity index (χ0) is 23.4. The van der Waals surface area contributed by atoms with E-state index in [1.165, 1.54) is 18.2 Å². The smallest absolute Gasteiger partial charge is 0.270 e. The Balaban J connectivity index is 1.31. The standard InChI is InChI=1S/C25H29N5O3/c1-29(2)23-15-24(28-22-9-4-3-8-21(22)23)27-19-12-10-17(11-13-19)16-26-25(31)18-6-5-7-20(14-18)30(32)33/h3-9,14-15,17,19H,10-13,16H2,1-2H3,(H,26,31)(H,27,28). The van der Waals surface area contributed by atoms with Crippen molar-refractivity contribution in [3.05, 3.63) is 70.3 Å². The number of nitrogens with one attached hydrogen (secondary N) is 2. The molecular formula is C25H29N5O3. The van der Waals surface area contributed by atoms with Gasteiger partial charge in [0.2, 0.25) is 0 Å². The molecule has 33 heavy (non-hydrogen) atoms. The van der Waals surface area contributed by atoms with Gasteiger partial charge in [0.1, 0.15) is 5.82 Å². The zero-order valence-corrected chi connectivity index (χ0v) is 19.0. The first-order valence-corrected chi connectivity index (χ1v) is 11.3. The average Bonchev–Trinajstić information content (AvgIpc) is 2.83. The maximum atomic E-state index is 12.4. The minimum absolute atomic E-state index is 0.0750. The Bertz CT molecular complexity index is 1160. The summed E-state index contributed by atoms with van der Waals surface area (Å²) >= 11 is 0. The largest absolute Gasteiger partial charge is 0.377 e. The predicted molar refractivity (Wildman–Crippen MR) is 131 cm³/mol. The van der Waals surface area contributed by atoms with Crippen LogP contribution in [0.3, 0.4) is 0 Å². The van der Waals surface area contributed by atoms with Gasteiger partial charge in [0.25, 0.3) is 11.6 Å². The zero-order valence-electron chi connectivity index (χ0n) is 19.0. The van der Waals surface area contributed by atoms with E-state index in [2.05, 4.69) is 27.7 Å². The lowest BCUT2D eigenvalue weighted by Gasteiger charge is -2.30. The van der Waals surface area contributed by atoms with E-state index in [4.69, 9.17) is 4.98 Å². The topological polar surface area (TPSA) is 100 Å². The molecule has 4 rings (SSSR count). The summed E-state index contributed by atoms with van der Waals surface area (Å²) in [5.74, 6) is 1.02. The molecule has 0 atom stereocenters. The molecule has 1 heterocycles. The Morgan fingerprint density at radius 2 is 1.85 bits per heavy atom. The van der Waals surface area contributed by atoms with Crippen LogP contribution in [0.1, 0.15) is 36.0 Å². The van der Waals surface area contributed by atoms with Gasteiger partial charge in [0.05, 0.1) is 10.4 Å². The number of fused-ring (bicyclic) bond motifs is 1. The van der Waals surface area contributed by atoms with Crippen molar-refractivity contribution < 1.29 is 9.72 Å². The fourth-order valence-corrected chi connectivity index (χ4v) is 4.42. The highest BCUT2D eigenvalue weighted by Crippen LogP contribution is 2.30. The minimum atomic E-state index is -0.489. The molecule has 172 valence electrons. The Kier molecular flexibility index (Phi) is 6.72. The van der Waals surface area contributed by atoms with Crippen LogP contribution in [0.15, 0.2) is 54.6 Å². The number of aromatic nitrogens is 1. The highest BCUT2D eigenvalue weighted by molar-refractivity contribution is 5.95. The first kappa shape index (κ1) is 22.5. The van der Waals surface area contributed by atoms with Gasteiger partial charge in [0.15, 0.2) is 0 Å². The molecule has 0 unspecified atom stereocenters. The molecule has 8 nitrogen and oxygen atoms in total. The maximum Gasteiger partial charge on any atom is 0.270 e. The van der Waals surface area contributed by atoms with Gasteiger partial charge in [-0.05, 0) is 43.7 Å². The number of rotatable bonds is 7. The summed E-state index contributed by atoms with van der Waals surface area (Å²) in [6.45, 7) is 0.577. The summed E-state index contributed by atoms with van der Waals surface area (Å²) in [4.78, 5) is 29.7. The van der Waals surface area contributed by atoms with E-state index in [-0.39, 0.29) is 11.6 Å². The third-order valence-electron chi connectivity index (χ3n) is 6.25. The molecule has 1 fully saturated rings. The molecular weight excluding hydrogens is 418 g/mol. The van der Waals surface area contributed by atoms with E-state index < -0.39 is 4.92 Å². The molecule has 0 radical (unpaired) electrons. The van der Waals surface area contributed by atoms with Gasteiger partial charge < -0.3 is 15.5 Å². The molecule has 1 amide bonds. The number of para-hydroxylation sites is 1. The summed E-state index contributed by atoms with van der Waals surface area (Å²) in [7, 11) is 4.08. The van der Waals surface area contributed by atoms with Crippen LogP contribution in [0.4, 0.5) is 17.2 Å². The Morgan fingerprint density at radius 1 is 1.09 bits per heavy atom. The minimum Gasteiger partial charge on any atom is -0.377 e. The van der Waals surface area contributed by atoms with Crippen LogP contribution >= 0.6 is 0 Å². The number of carbonyl (C=O) groups is 1. The molecule has 0 aliphatic heterocycles. The van der Waals surface area contributed by atoms with Gasteiger partial charge in [-0.3, -0.25) is 14.9 Å². The van der Waals surface area contributed by atoms with Crippen molar-refractivity contribution in [1.29, 1.82) is 0 Å². The summed E-state index contributed by atoms with van der Waals surface area (Å²) in [6.07, 6.45) is 4.01. The van der Waals surface area contributed by atoms with Gasteiger partial charge in [-0.15, -0.1) is 0 Å². The highest BCUT2D eigenvalue weighted by atomic mass is 16.6. The second-order valence-corrected chi connectivity index (χ2v) is 8.82. The SMILES string of the molecule is CN(C)c1cc(NC2CCC(CNC(=O)c3cccc([N+](=O)[O-])c3)CC2)nc2ccccc12. The van der Waals surface area contributed by atoms with Crippen molar-refractivity contribution in [2.75, 3.05) is 30.9 Å². The van der Waals surface area contributed by atoms with E-state index in [9.17, 15) is 14.9 Å². The first-order chi connectivity index (χ1) is 15.9. The van der Waals surface area contributed by atoms with Gasteiger partial charge in [0, 0.05) is 61.5 Å². The van der Waals surface area contributed by atoms with Crippen LogP contribution in [0.2, 0.25) is 0 Å². The summed E-state index contributed by atoms with van der Waals surface area (Å²) < 4.78 is 0. The number of anilines is 2. The van der Waals surface area contributed by atoms with E-state index in [0.717, 1.165) is 48.1 Å². The lowest BCUT2D eigenvalue weighted by molar-refractivity contribution is -0.384. The molecule has 1 saturated carbocycles. The molecule has 0 spiro atoms. The Hall–Kier alpha value is -3.68. The normalized spacial score (nSPS) is 18.0. The second-order valence-electron chi connectivity index (χ2n) is 8.82. The van der Waals surface area contributed by atoms with Crippen molar-refractivity contribution in [3.8, 4) is 0 Å². The number of hydrogen-bond donors (Lipinski definition) is 2. The number of benzene rings is 2. The summed E-state index contributed by atoms with van der Waals surface area (Å²) in [5, 5.41) is 18.6. The number of nitro groups is 1. The highest BCUT2D eigenvalue weighted by Gasteiger charge is 2.23. The second kappa shape index (κ2) is 9.85. The van der Waals surface area contributed by atoms with Crippen LogP contribution < -0.4 is 15.5 Å². The lowest BCUT2D eigenvalue weighted by Crippen LogP contribution is -2.34. The maximum absolute atomic E-state index is 12.4. The van der Waals surface area contributed by atoms with Crippen molar-refractivity contribution in [2.45, 2.75) is 31.7 Å². The fourth-order valence-electron chi connectivity index (χ4n) is 4.42. The number of nitrogens with zero attached hydrogens (tertiary/aromatic N) is 3. The summed E-state index contributed by atoms with van der Waals surface area (Å²) in [6, 6.07) is 16.4. The molecule has 3 aromatic rings. The van der Waals surface area contributed by atoms with Crippen molar-refractivity contribution in [2.24, 2.45) is 5.92 Å². The van der Waals surface area contributed by atoms with E-state index in [1.807, 2.05) is 32.3 Å². The number of amides is 1. The van der Waals surface area contributed by atoms with Gasteiger partial charge in [-0.1, -0.05) is 24.3 Å². The van der Waals surface area contributed by atoms with E-state index >= 15 is 0 Å². The van der Waals surface area contributed by atoms with Crippen LogP contribution in [-0.4, -0.2) is 42.5 Å². The average molecular weight is 448 g/mol. The summed E-state index contributed by atoms with van der Waals surface area (Å²) in [5.41, 5.74) is 2.36. The number of non-ortho nitro benzene ring substituents is 1. The van der Waals surface area contributed by atoms with Gasteiger partial charge >= 0.3 is 0 Å². The molecule has 1 aliphatic carbocycles. The lowest BCUT2D eigenvalue weighted by atomic mass is 9.86. The van der Waals surface area contributed by atoms with E-state index in [1.54, 1.807) is 6.07 Å². The Morgan fingerprint density at radius 3 is 2.58 bits per heavy atom. The molecule has 2 aromatic carbocycles. The van der Waals surface area contributed by atoms with Crippen LogP contribution in [0.25, 0.3) is 10.9 Å². The molecule has 0 bridgehead atoms. The molecule has 8 heteroatoms. The monoisotopic (exact) mass is 447 g/mol. The first-order valence-electron chi connectivity index (χ1n) is 11.3. The molecule has 1 aromatic heterocycles. The third kappa shape index (κ3) is 5.39. The number of carbonyl (C=O) groups excluding carboxylic acids is 1. The van der Waals surface area contributed by atoms with Crippen molar-refractivity contribution >= 4 is 34.0 Å². The molecule has 1 aliphatic rings. The van der Waals surface area contributed by atoms with Gasteiger partial charge in [-0.2, -0.15) is 0 Å². The Labute approximate surface area is 193 Å². The van der Waals surface area contributed by atoms with Crippen molar-refractivity contribution in [1.82, 2.24) is 10.3 Å². The third-order valence-corrected chi connectivity index (χ3v) is 6.25. The quantitative estimate of drug-likeness (QED) is 0.405. The molecule has 2 N–H and O–H groups in total. The predicted octanol–water partition coefficient (Wildman–Crippen LogP) is 4.61. The van der Waals surface area contributed by atoms with E-state index in [0.29, 0.717) is 24.1 Å². The molecule has 0 saturated heterocycles. The van der Waals surface area contributed by atoms with Crippen LogP contribution in [0.5, 0.6) is 0 Å². The van der Waals surface area contributed by atoms with Gasteiger partial charge in [-0.25, -0.2) is 4.98 Å². The number of nitro benzene ring substituents is 1. The fraction of sp³-hybridized carbons (Fsp3) is 0.360. The van der Waals surface area contributed by atoms with Crippen LogP contribution in [0, 0.1) is 16.0 Å². The number of hydrogen-bond acceptors (Lipinski definition) is 6.